The largest absolute Gasteiger partial charge is 0.489 e. The molecule has 0 saturated heterocycles. The minimum Gasteiger partial charge on any atom is -0.489 e. The number of aromatic nitrogens is 3. The van der Waals surface area contributed by atoms with Crippen molar-refractivity contribution in [2.24, 2.45) is 5.73 Å². The number of hydrogen-bond acceptors (Lipinski definition) is 6. The molecule has 3 aromatic carbocycles. The highest BCUT2D eigenvalue weighted by atomic mass is 79.9. The van der Waals surface area contributed by atoms with Gasteiger partial charge >= 0.3 is 12.5 Å². The van der Waals surface area contributed by atoms with Crippen LogP contribution in [0.2, 0.25) is 0 Å². The van der Waals surface area contributed by atoms with E-state index < -0.39 is 30.6 Å². The van der Waals surface area contributed by atoms with E-state index in [2.05, 4.69) is 25.9 Å². The third-order valence-corrected chi connectivity index (χ3v) is 6.58. The van der Waals surface area contributed by atoms with Crippen LogP contribution in [0.15, 0.2) is 83.6 Å². The quantitative estimate of drug-likeness (QED) is 0.177. The monoisotopic (exact) mass is 630 g/mol. The zero-order valence-corrected chi connectivity index (χ0v) is 22.4. The first-order chi connectivity index (χ1) is 19.7. The van der Waals surface area contributed by atoms with E-state index in [9.17, 15) is 18.0 Å². The van der Waals surface area contributed by atoms with Gasteiger partial charge in [-0.25, -0.2) is 22.9 Å². The van der Waals surface area contributed by atoms with Crippen molar-refractivity contribution < 1.29 is 36.6 Å². The van der Waals surface area contributed by atoms with E-state index in [1.54, 1.807) is 12.1 Å². The van der Waals surface area contributed by atoms with Crippen LogP contribution in [-0.4, -0.2) is 33.4 Å². The summed E-state index contributed by atoms with van der Waals surface area (Å²) in [4.78, 5) is 19.2. The fourth-order valence-electron chi connectivity index (χ4n) is 4.08. The molecule has 210 valence electrons. The third kappa shape index (κ3) is 5.94. The molecule has 2 heterocycles. The summed E-state index contributed by atoms with van der Waals surface area (Å²) in [5, 5.41) is 0. The van der Waals surface area contributed by atoms with Crippen LogP contribution in [0.1, 0.15) is 5.56 Å². The summed E-state index contributed by atoms with van der Waals surface area (Å²) in [5.74, 6) is -0.913. The number of benzene rings is 3. The molecule has 0 fully saturated rings. The molecule has 0 aliphatic heterocycles. The number of fused-ring (bicyclic) bond motifs is 1. The summed E-state index contributed by atoms with van der Waals surface area (Å²) in [6.07, 6.45) is -6.46. The van der Waals surface area contributed by atoms with Crippen molar-refractivity contribution in [2.45, 2.75) is 19.4 Å². The fraction of sp³-hybridized carbons (Fsp3) is 0.107. The predicted molar refractivity (Wildman–Crippen MR) is 144 cm³/mol. The Hall–Kier alpha value is -4.65. The predicted octanol–water partition coefficient (Wildman–Crippen LogP) is 6.97. The zero-order valence-electron chi connectivity index (χ0n) is 20.8. The van der Waals surface area contributed by atoms with Crippen molar-refractivity contribution in [1.29, 1.82) is 0 Å². The summed E-state index contributed by atoms with van der Waals surface area (Å²) in [7, 11) is 0. The Morgan fingerprint density at radius 2 is 1.68 bits per heavy atom. The van der Waals surface area contributed by atoms with Crippen LogP contribution in [0.4, 0.5) is 22.4 Å². The highest BCUT2D eigenvalue weighted by molar-refractivity contribution is 9.10. The van der Waals surface area contributed by atoms with E-state index >= 15 is 4.39 Å². The van der Waals surface area contributed by atoms with Crippen molar-refractivity contribution >= 4 is 33.1 Å². The van der Waals surface area contributed by atoms with Gasteiger partial charge in [0.1, 0.15) is 35.5 Å². The fourth-order valence-corrected chi connectivity index (χ4v) is 4.78. The van der Waals surface area contributed by atoms with E-state index in [0.717, 1.165) is 18.0 Å². The smallest absolute Gasteiger partial charge is 0.409 e. The average Bonchev–Trinajstić information content (AvgIpc) is 3.25. The molecule has 0 aliphatic rings. The number of ether oxygens (including phenoxy) is 3. The van der Waals surface area contributed by atoms with Gasteiger partial charge in [-0.2, -0.15) is 9.37 Å². The first-order valence-electron chi connectivity index (χ1n) is 11.9. The number of carbonyl (C=O) groups excluding carboxylic acids is 1. The van der Waals surface area contributed by atoms with Crippen molar-refractivity contribution in [3.05, 3.63) is 95.0 Å². The molecule has 5 rings (SSSR count). The molecule has 0 spiro atoms. The molecule has 1 amide bonds. The number of alkyl halides is 3. The summed E-state index contributed by atoms with van der Waals surface area (Å²) in [6.45, 7) is 0.194. The molecule has 13 heteroatoms. The minimum absolute atomic E-state index is 0.0627. The molecule has 2 N–H and O–H groups in total. The van der Waals surface area contributed by atoms with Gasteiger partial charge in [0.15, 0.2) is 5.82 Å². The Balaban J connectivity index is 1.65. The number of halogens is 5. The molecule has 0 aliphatic carbocycles. The second-order valence-corrected chi connectivity index (χ2v) is 9.30. The first-order valence-corrected chi connectivity index (χ1v) is 12.7. The van der Waals surface area contributed by atoms with Gasteiger partial charge in [0.2, 0.25) is 5.88 Å². The van der Waals surface area contributed by atoms with E-state index in [0.29, 0.717) is 15.7 Å². The molecule has 41 heavy (non-hydrogen) atoms. The van der Waals surface area contributed by atoms with Gasteiger partial charge in [-0.05, 0) is 57.9 Å². The van der Waals surface area contributed by atoms with Crippen molar-refractivity contribution in [3.8, 4) is 34.3 Å². The van der Waals surface area contributed by atoms with Gasteiger partial charge in [0, 0.05) is 11.6 Å². The molecule has 0 radical (unpaired) electrons. The maximum Gasteiger partial charge on any atom is 0.409 e. The molecule has 0 bridgehead atoms. The topological polar surface area (TPSA) is 101 Å². The maximum absolute atomic E-state index is 15.8. The number of nitrogens with zero attached hydrogens (tertiary/aromatic N) is 3. The van der Waals surface area contributed by atoms with Gasteiger partial charge in [-0.15, -0.1) is 0 Å². The Morgan fingerprint density at radius 3 is 2.34 bits per heavy atom. The number of rotatable bonds is 9. The molecule has 1 unspecified atom stereocenters. The number of carbonyl (C=O) groups is 1. The summed E-state index contributed by atoms with van der Waals surface area (Å²) in [5.41, 5.74) is 6.68. The van der Waals surface area contributed by atoms with Crippen LogP contribution in [0.5, 0.6) is 17.4 Å². The van der Waals surface area contributed by atoms with Crippen LogP contribution < -0.4 is 19.9 Å². The standard InChI is InChI=1S/C28H19BrF4N4O4/c29-21-22-24(27(36-14-35-22)41-26(33)25(31)32)37(23(21)16-6-8-17(9-7-16)40-28(34)38)20-11-10-18(12-19(20)30)39-13-15-4-2-1-3-5-15/h1-12,14,25-26H,13H2,(H2,34,38). The molecular formula is C28H19BrF4N4O4. The van der Waals surface area contributed by atoms with E-state index in [-0.39, 0.29) is 34.8 Å². The number of nitrogens with two attached hydrogens (primary N) is 1. The molecule has 5 aromatic rings. The first kappa shape index (κ1) is 27.9. The van der Waals surface area contributed by atoms with Gasteiger partial charge in [-0.3, -0.25) is 4.57 Å². The van der Waals surface area contributed by atoms with E-state index in [1.807, 2.05) is 30.3 Å². The Labute approximate surface area is 238 Å². The van der Waals surface area contributed by atoms with Gasteiger partial charge in [-0.1, -0.05) is 30.3 Å². The van der Waals surface area contributed by atoms with Gasteiger partial charge in [0.05, 0.1) is 15.9 Å². The molecule has 1 atom stereocenters. The van der Waals surface area contributed by atoms with Crippen LogP contribution >= 0.6 is 15.9 Å². The van der Waals surface area contributed by atoms with Crippen LogP contribution in [-0.2, 0) is 6.61 Å². The van der Waals surface area contributed by atoms with Crippen molar-refractivity contribution in [3.63, 3.8) is 0 Å². The van der Waals surface area contributed by atoms with Crippen molar-refractivity contribution in [1.82, 2.24) is 14.5 Å². The van der Waals surface area contributed by atoms with E-state index in [4.69, 9.17) is 19.9 Å². The molecule has 2 aromatic heterocycles. The Kier molecular flexibility index (Phi) is 8.06. The second kappa shape index (κ2) is 11.8. The average molecular weight is 631 g/mol. The van der Waals surface area contributed by atoms with Crippen LogP contribution in [0.3, 0.4) is 0 Å². The highest BCUT2D eigenvalue weighted by Crippen LogP contribution is 2.43. The third-order valence-electron chi connectivity index (χ3n) is 5.83. The van der Waals surface area contributed by atoms with Gasteiger partial charge in [0.25, 0.3) is 6.36 Å². The van der Waals surface area contributed by atoms with Crippen LogP contribution in [0, 0.1) is 5.82 Å². The number of primary amides is 1. The summed E-state index contributed by atoms with van der Waals surface area (Å²) >= 11 is 3.45. The second-order valence-electron chi connectivity index (χ2n) is 8.51. The Morgan fingerprint density at radius 1 is 0.976 bits per heavy atom. The number of amides is 1. The van der Waals surface area contributed by atoms with Gasteiger partial charge < -0.3 is 19.9 Å². The highest BCUT2D eigenvalue weighted by Gasteiger charge is 2.28. The van der Waals surface area contributed by atoms with Crippen molar-refractivity contribution in [2.75, 3.05) is 0 Å². The lowest BCUT2D eigenvalue weighted by Crippen LogP contribution is -2.20. The lowest BCUT2D eigenvalue weighted by molar-refractivity contribution is -0.0683. The summed E-state index contributed by atoms with van der Waals surface area (Å²) < 4.78 is 72.9. The number of hydrogen-bond donors (Lipinski definition) is 1. The van der Waals surface area contributed by atoms with E-state index in [1.165, 1.54) is 28.8 Å². The summed E-state index contributed by atoms with van der Waals surface area (Å²) in [6, 6.07) is 19.4. The Bertz CT molecular complexity index is 1700. The normalized spacial score (nSPS) is 12.0. The van der Waals surface area contributed by atoms with Crippen LogP contribution in [0.25, 0.3) is 28.0 Å². The molecule has 8 nitrogen and oxygen atoms in total. The SMILES string of the molecule is NC(=O)Oc1ccc(-c2c(Br)c3ncnc(OC(F)C(F)F)c3n2-c2ccc(OCc3ccccc3)cc2F)cc1. The lowest BCUT2D eigenvalue weighted by atomic mass is 10.1. The molecular weight excluding hydrogens is 612 g/mol. The maximum atomic E-state index is 15.8. The zero-order chi connectivity index (χ0) is 29.1. The lowest BCUT2D eigenvalue weighted by Gasteiger charge is -2.16. The minimum atomic E-state index is -3.46. The molecule has 0 saturated carbocycles.